The van der Waals surface area contributed by atoms with Crippen LogP contribution in [0.15, 0.2) is 87.8 Å². The van der Waals surface area contributed by atoms with Crippen LogP contribution in [0.3, 0.4) is 0 Å². The van der Waals surface area contributed by atoms with Gasteiger partial charge in [-0.05, 0) is 18.2 Å². The first-order valence-electron chi connectivity index (χ1n) is 6.78. The van der Waals surface area contributed by atoms with Gasteiger partial charge in [-0.2, -0.15) is 0 Å². The maximum atomic E-state index is 14.1. The first-order valence-corrected chi connectivity index (χ1v) is 10.1. The van der Waals surface area contributed by atoms with Crippen LogP contribution in [0.5, 0.6) is 0 Å². The minimum absolute atomic E-state index is 0.811. The van der Waals surface area contributed by atoms with Gasteiger partial charge in [0.25, 0.3) is 0 Å². The lowest BCUT2D eigenvalue weighted by atomic mass is 10.4. The SMILES string of the molecule is O=P(c1ccccc1)(c1ccccc1)c1cc(Br)cc(Br)c1. The molecule has 3 aromatic carbocycles. The van der Waals surface area contributed by atoms with Crippen molar-refractivity contribution in [3.8, 4) is 0 Å². The predicted octanol–water partition coefficient (Wildman–Crippen LogP) is 4.85. The first kappa shape index (κ1) is 15.7. The van der Waals surface area contributed by atoms with Gasteiger partial charge in [0.2, 0.25) is 0 Å². The molecule has 0 amide bonds. The molecule has 1 nitrogen and oxygen atoms in total. The molecule has 3 rings (SSSR count). The van der Waals surface area contributed by atoms with Gasteiger partial charge in [-0.3, -0.25) is 0 Å². The summed E-state index contributed by atoms with van der Waals surface area (Å²) in [6.45, 7) is 0. The second-order valence-corrected chi connectivity index (χ2v) is 9.51. The Morgan fingerprint density at radius 3 is 1.41 bits per heavy atom. The average molecular weight is 436 g/mol. The Hall–Kier alpha value is -1.15. The summed E-state index contributed by atoms with van der Waals surface area (Å²) in [6, 6.07) is 25.1. The van der Waals surface area contributed by atoms with Crippen LogP contribution in [0.4, 0.5) is 0 Å². The van der Waals surface area contributed by atoms with Gasteiger partial charge in [0.15, 0.2) is 7.14 Å². The molecule has 0 heterocycles. The van der Waals surface area contributed by atoms with E-state index in [1.165, 1.54) is 0 Å². The molecule has 0 atom stereocenters. The molecule has 0 radical (unpaired) electrons. The fourth-order valence-corrected chi connectivity index (χ4v) is 6.81. The van der Waals surface area contributed by atoms with Crippen molar-refractivity contribution in [1.82, 2.24) is 0 Å². The third-order valence-corrected chi connectivity index (χ3v) is 7.40. The van der Waals surface area contributed by atoms with E-state index in [-0.39, 0.29) is 0 Å². The van der Waals surface area contributed by atoms with Crippen LogP contribution in [0.2, 0.25) is 0 Å². The molecule has 0 fully saturated rings. The zero-order valence-electron chi connectivity index (χ0n) is 11.6. The Labute approximate surface area is 147 Å². The summed E-state index contributed by atoms with van der Waals surface area (Å²) in [6.07, 6.45) is 0. The Balaban J connectivity index is 2.31. The highest BCUT2D eigenvalue weighted by atomic mass is 79.9. The van der Waals surface area contributed by atoms with Crippen molar-refractivity contribution in [2.24, 2.45) is 0 Å². The lowest BCUT2D eigenvalue weighted by Crippen LogP contribution is -2.25. The quantitative estimate of drug-likeness (QED) is 0.537. The highest BCUT2D eigenvalue weighted by molar-refractivity contribution is 9.11. The highest BCUT2D eigenvalue weighted by Gasteiger charge is 2.29. The van der Waals surface area contributed by atoms with Crippen molar-refractivity contribution < 1.29 is 4.57 Å². The van der Waals surface area contributed by atoms with Crippen LogP contribution in [0.25, 0.3) is 0 Å². The molecule has 0 N–H and O–H groups in total. The van der Waals surface area contributed by atoms with E-state index in [9.17, 15) is 4.57 Å². The van der Waals surface area contributed by atoms with Gasteiger partial charge in [0, 0.05) is 24.9 Å². The molecule has 0 aliphatic rings. The summed E-state index contributed by atoms with van der Waals surface area (Å²) in [5.41, 5.74) is 0. The van der Waals surface area contributed by atoms with Crippen molar-refractivity contribution in [2.75, 3.05) is 0 Å². The maximum absolute atomic E-state index is 14.1. The van der Waals surface area contributed by atoms with E-state index in [4.69, 9.17) is 0 Å². The standard InChI is InChI=1S/C18H13Br2OP/c19-14-11-15(20)13-18(12-14)22(21,16-7-3-1-4-8-16)17-9-5-2-6-10-17/h1-13H. The van der Waals surface area contributed by atoms with Crippen molar-refractivity contribution >= 4 is 54.9 Å². The topological polar surface area (TPSA) is 17.1 Å². The van der Waals surface area contributed by atoms with Crippen molar-refractivity contribution in [1.29, 1.82) is 0 Å². The third-order valence-electron chi connectivity index (χ3n) is 3.45. The second-order valence-electron chi connectivity index (χ2n) is 4.91. The summed E-state index contributed by atoms with van der Waals surface area (Å²) in [5.74, 6) is 0. The van der Waals surface area contributed by atoms with Crippen molar-refractivity contribution in [3.05, 3.63) is 87.8 Å². The zero-order chi connectivity index (χ0) is 15.6. The summed E-state index contributed by atoms with van der Waals surface area (Å²) < 4.78 is 15.9. The first-order chi connectivity index (χ1) is 10.6. The van der Waals surface area contributed by atoms with E-state index in [0.717, 1.165) is 24.9 Å². The molecular weight excluding hydrogens is 423 g/mol. The van der Waals surface area contributed by atoms with Crippen LogP contribution in [-0.4, -0.2) is 0 Å². The Morgan fingerprint density at radius 1 is 0.591 bits per heavy atom. The number of halogens is 2. The Bertz CT molecular complexity index is 768. The van der Waals surface area contributed by atoms with Crippen LogP contribution < -0.4 is 15.9 Å². The normalized spacial score (nSPS) is 11.4. The molecule has 22 heavy (non-hydrogen) atoms. The number of hydrogen-bond donors (Lipinski definition) is 0. The minimum Gasteiger partial charge on any atom is -0.309 e. The van der Waals surface area contributed by atoms with E-state index in [2.05, 4.69) is 31.9 Å². The summed E-state index contributed by atoms with van der Waals surface area (Å²) in [7, 11) is -2.89. The van der Waals surface area contributed by atoms with Crippen LogP contribution >= 0.6 is 39.0 Å². The second kappa shape index (κ2) is 6.54. The minimum atomic E-state index is -2.89. The molecule has 0 unspecified atom stereocenters. The van der Waals surface area contributed by atoms with Gasteiger partial charge in [-0.25, -0.2) is 0 Å². The highest BCUT2D eigenvalue weighted by Crippen LogP contribution is 2.43. The molecule has 3 aromatic rings. The van der Waals surface area contributed by atoms with Gasteiger partial charge in [0.05, 0.1) is 0 Å². The maximum Gasteiger partial charge on any atom is 0.171 e. The average Bonchev–Trinajstić information content (AvgIpc) is 2.55. The molecular formula is C18H13Br2OP. The van der Waals surface area contributed by atoms with Gasteiger partial charge in [-0.1, -0.05) is 92.5 Å². The molecule has 0 spiro atoms. The summed E-state index contributed by atoms with van der Waals surface area (Å²) in [4.78, 5) is 0. The van der Waals surface area contributed by atoms with E-state index in [0.29, 0.717) is 0 Å². The fourth-order valence-electron chi connectivity index (χ4n) is 2.44. The summed E-state index contributed by atoms with van der Waals surface area (Å²) in [5, 5.41) is 2.49. The van der Waals surface area contributed by atoms with E-state index < -0.39 is 7.14 Å². The van der Waals surface area contributed by atoms with Crippen molar-refractivity contribution in [2.45, 2.75) is 0 Å². The van der Waals surface area contributed by atoms with Crippen LogP contribution in [0, 0.1) is 0 Å². The molecule has 110 valence electrons. The molecule has 0 aliphatic carbocycles. The number of benzene rings is 3. The van der Waals surface area contributed by atoms with Gasteiger partial charge >= 0.3 is 0 Å². The zero-order valence-corrected chi connectivity index (χ0v) is 15.7. The Kier molecular flexibility index (Phi) is 4.67. The molecule has 4 heteroatoms. The van der Waals surface area contributed by atoms with E-state index in [1.807, 2.05) is 78.9 Å². The smallest absolute Gasteiger partial charge is 0.171 e. The summed E-state index contributed by atoms with van der Waals surface area (Å²) >= 11 is 7.00. The third kappa shape index (κ3) is 2.99. The Morgan fingerprint density at radius 2 is 1.00 bits per heavy atom. The lowest BCUT2D eigenvalue weighted by molar-refractivity contribution is 0.592. The fraction of sp³-hybridized carbons (Fsp3) is 0. The van der Waals surface area contributed by atoms with Crippen LogP contribution in [0.1, 0.15) is 0 Å². The van der Waals surface area contributed by atoms with Crippen molar-refractivity contribution in [3.63, 3.8) is 0 Å². The number of hydrogen-bond acceptors (Lipinski definition) is 1. The molecule has 0 bridgehead atoms. The molecule has 0 saturated heterocycles. The molecule has 0 aromatic heterocycles. The van der Waals surface area contributed by atoms with Gasteiger partial charge in [-0.15, -0.1) is 0 Å². The van der Waals surface area contributed by atoms with E-state index >= 15 is 0 Å². The largest absolute Gasteiger partial charge is 0.309 e. The van der Waals surface area contributed by atoms with E-state index in [1.54, 1.807) is 0 Å². The lowest BCUT2D eigenvalue weighted by Gasteiger charge is -2.20. The van der Waals surface area contributed by atoms with Gasteiger partial charge < -0.3 is 4.57 Å². The number of rotatable bonds is 3. The molecule has 0 saturated carbocycles. The monoisotopic (exact) mass is 434 g/mol. The van der Waals surface area contributed by atoms with Gasteiger partial charge in [0.1, 0.15) is 0 Å². The molecule has 0 aliphatic heterocycles. The van der Waals surface area contributed by atoms with Crippen LogP contribution in [-0.2, 0) is 4.57 Å². The predicted molar refractivity (Wildman–Crippen MR) is 101 cm³/mol.